The molecule has 7 heteroatoms. The van der Waals surface area contributed by atoms with Crippen LogP contribution in [0.5, 0.6) is 0 Å². The first-order valence-corrected chi connectivity index (χ1v) is 6.37. The van der Waals surface area contributed by atoms with Gasteiger partial charge in [0, 0.05) is 20.6 Å². The Bertz CT molecular complexity index is 519. The molecule has 0 spiro atoms. The molecule has 0 aliphatic carbocycles. The Kier molecular flexibility index (Phi) is 3.32. The number of thiol groups is 1. The van der Waals surface area contributed by atoms with Crippen molar-refractivity contribution in [1.82, 2.24) is 0 Å². The zero-order valence-corrected chi connectivity index (χ0v) is 9.75. The predicted molar refractivity (Wildman–Crippen MR) is 56.5 cm³/mol. The van der Waals surface area contributed by atoms with Crippen molar-refractivity contribution in [2.45, 2.75) is 9.79 Å². The average molecular weight is 268 g/mol. The van der Waals surface area contributed by atoms with Crippen LogP contribution in [-0.2, 0) is 9.05 Å². The molecule has 0 heterocycles. The van der Waals surface area contributed by atoms with E-state index >= 15 is 0 Å². The Morgan fingerprint density at radius 2 is 2.00 bits per heavy atom. The molecule has 74 valence electrons. The summed E-state index contributed by atoms with van der Waals surface area (Å²) in [5.41, 5.74) is -0.113. The summed E-state index contributed by atoms with van der Waals surface area (Å²) in [7, 11) is 1.15. The molecule has 0 unspecified atom stereocenters. The van der Waals surface area contributed by atoms with Crippen molar-refractivity contribution in [3.8, 4) is 6.07 Å². The Hall–Kier alpha value is -0.410. The van der Waals surface area contributed by atoms with Crippen LogP contribution in [0, 0.1) is 11.3 Å². The van der Waals surface area contributed by atoms with Gasteiger partial charge in [0.05, 0.1) is 5.56 Å². The van der Waals surface area contributed by atoms with E-state index in [0.717, 1.165) is 0 Å². The third-order valence-corrected chi connectivity index (χ3v) is 3.51. The van der Waals surface area contributed by atoms with E-state index in [1.165, 1.54) is 12.1 Å². The largest absolute Gasteiger partial charge is 0.263 e. The van der Waals surface area contributed by atoms with Gasteiger partial charge in [-0.25, -0.2) is 8.42 Å². The molecule has 0 N–H and O–H groups in total. The number of hydrogen-bond donors (Lipinski definition) is 1. The third kappa shape index (κ3) is 2.34. The van der Waals surface area contributed by atoms with Gasteiger partial charge in [-0.1, -0.05) is 11.6 Å². The maximum Gasteiger partial charge on any atom is 0.263 e. The molecule has 0 bridgehead atoms. The van der Waals surface area contributed by atoms with Gasteiger partial charge in [0.25, 0.3) is 9.05 Å². The summed E-state index contributed by atoms with van der Waals surface area (Å²) in [6.07, 6.45) is 0. The minimum absolute atomic E-state index is 0.0593. The number of rotatable bonds is 1. The highest BCUT2D eigenvalue weighted by molar-refractivity contribution is 8.14. The van der Waals surface area contributed by atoms with Crippen LogP contribution in [0.2, 0.25) is 5.02 Å². The van der Waals surface area contributed by atoms with E-state index in [1.54, 1.807) is 6.07 Å². The molecule has 14 heavy (non-hydrogen) atoms. The van der Waals surface area contributed by atoms with Gasteiger partial charge < -0.3 is 0 Å². The Morgan fingerprint density at radius 3 is 2.43 bits per heavy atom. The molecule has 0 saturated heterocycles. The standard InChI is InChI=1S/C7H3Cl2NO2S2/c8-5-1-4(3-10)7(6(13)2-5)14(9,11)12/h1-2,13H. The summed E-state index contributed by atoms with van der Waals surface area (Å²) >= 11 is 9.50. The lowest BCUT2D eigenvalue weighted by Gasteiger charge is -2.03. The van der Waals surface area contributed by atoms with E-state index in [1.807, 2.05) is 0 Å². The van der Waals surface area contributed by atoms with Crippen LogP contribution in [0.4, 0.5) is 0 Å². The zero-order chi connectivity index (χ0) is 10.9. The normalized spacial score (nSPS) is 11.0. The lowest BCUT2D eigenvalue weighted by molar-refractivity contribution is 0.607. The molecule has 0 aliphatic heterocycles. The van der Waals surface area contributed by atoms with E-state index in [9.17, 15) is 8.42 Å². The first-order valence-electron chi connectivity index (χ1n) is 3.23. The van der Waals surface area contributed by atoms with Crippen LogP contribution in [0.15, 0.2) is 21.9 Å². The maximum absolute atomic E-state index is 11.1. The lowest BCUT2D eigenvalue weighted by Crippen LogP contribution is -1.97. The van der Waals surface area contributed by atoms with Crippen LogP contribution >= 0.6 is 34.9 Å². The Morgan fingerprint density at radius 1 is 1.43 bits per heavy atom. The molecule has 0 aromatic heterocycles. The van der Waals surface area contributed by atoms with Crippen molar-refractivity contribution in [1.29, 1.82) is 5.26 Å². The van der Waals surface area contributed by atoms with E-state index in [0.29, 0.717) is 0 Å². The quantitative estimate of drug-likeness (QED) is 0.628. The SMILES string of the molecule is N#Cc1cc(Cl)cc(S)c1S(=O)(=O)Cl. The van der Waals surface area contributed by atoms with Crippen molar-refractivity contribution in [3.05, 3.63) is 22.7 Å². The van der Waals surface area contributed by atoms with Crippen LogP contribution in [0.1, 0.15) is 5.56 Å². The Balaban J connectivity index is 3.68. The highest BCUT2D eigenvalue weighted by Gasteiger charge is 2.19. The van der Waals surface area contributed by atoms with Crippen molar-refractivity contribution in [2.24, 2.45) is 0 Å². The highest BCUT2D eigenvalue weighted by atomic mass is 35.7. The summed E-state index contributed by atoms with van der Waals surface area (Å²) in [6, 6.07) is 4.21. The molecule has 0 atom stereocenters. The van der Waals surface area contributed by atoms with Gasteiger partial charge in [0.15, 0.2) is 0 Å². The molecule has 0 amide bonds. The van der Waals surface area contributed by atoms with Crippen molar-refractivity contribution in [3.63, 3.8) is 0 Å². The minimum atomic E-state index is -3.98. The molecule has 0 radical (unpaired) electrons. The Labute approximate surface area is 96.1 Å². The number of hydrogen-bond acceptors (Lipinski definition) is 4. The molecular formula is C7H3Cl2NO2S2. The smallest absolute Gasteiger partial charge is 0.207 e. The second kappa shape index (κ2) is 3.99. The summed E-state index contributed by atoms with van der Waals surface area (Å²) in [6.45, 7) is 0. The summed E-state index contributed by atoms with van der Waals surface area (Å²) in [5.74, 6) is 0. The molecule has 1 rings (SSSR count). The number of nitriles is 1. The van der Waals surface area contributed by atoms with Crippen molar-refractivity contribution >= 4 is 44.0 Å². The fourth-order valence-electron chi connectivity index (χ4n) is 0.919. The van der Waals surface area contributed by atoms with Crippen molar-refractivity contribution in [2.75, 3.05) is 0 Å². The van der Waals surface area contributed by atoms with Crippen molar-refractivity contribution < 1.29 is 8.42 Å². The van der Waals surface area contributed by atoms with Gasteiger partial charge in [0.2, 0.25) is 0 Å². The first kappa shape index (κ1) is 11.7. The van der Waals surface area contributed by atoms with Crippen LogP contribution in [-0.4, -0.2) is 8.42 Å². The monoisotopic (exact) mass is 267 g/mol. The van der Waals surface area contributed by atoms with E-state index in [-0.39, 0.29) is 20.4 Å². The molecule has 0 fully saturated rings. The first-order chi connectivity index (χ1) is 6.36. The number of benzene rings is 1. The predicted octanol–water partition coefficient (Wildman–Crippen LogP) is 2.43. The molecule has 1 aromatic carbocycles. The van der Waals surface area contributed by atoms with Crippen LogP contribution in [0.25, 0.3) is 0 Å². The van der Waals surface area contributed by atoms with E-state index in [2.05, 4.69) is 12.6 Å². The minimum Gasteiger partial charge on any atom is -0.207 e. The van der Waals surface area contributed by atoms with Crippen LogP contribution < -0.4 is 0 Å². The average Bonchev–Trinajstić information content (AvgIpc) is 1.99. The number of halogens is 2. The van der Waals surface area contributed by atoms with Gasteiger partial charge in [-0.3, -0.25) is 0 Å². The second-order valence-corrected chi connectivity index (χ2v) is 5.77. The lowest BCUT2D eigenvalue weighted by atomic mass is 10.2. The van der Waals surface area contributed by atoms with Gasteiger partial charge in [-0.15, -0.1) is 12.6 Å². The molecule has 1 aromatic rings. The van der Waals surface area contributed by atoms with Gasteiger partial charge in [-0.2, -0.15) is 5.26 Å². The van der Waals surface area contributed by atoms with E-state index in [4.69, 9.17) is 27.5 Å². The fraction of sp³-hybridized carbons (Fsp3) is 0. The number of nitrogens with zero attached hydrogens (tertiary/aromatic N) is 1. The molecule has 3 nitrogen and oxygen atoms in total. The summed E-state index contributed by atoms with van der Waals surface area (Å²) in [4.78, 5) is -0.251. The highest BCUT2D eigenvalue weighted by Crippen LogP contribution is 2.29. The molecular weight excluding hydrogens is 265 g/mol. The summed E-state index contributed by atoms with van der Waals surface area (Å²) < 4.78 is 22.1. The van der Waals surface area contributed by atoms with Gasteiger partial charge in [0.1, 0.15) is 11.0 Å². The fourth-order valence-corrected chi connectivity index (χ4v) is 3.17. The van der Waals surface area contributed by atoms with Gasteiger partial charge >= 0.3 is 0 Å². The summed E-state index contributed by atoms with van der Waals surface area (Å²) in [5, 5.41) is 8.90. The maximum atomic E-state index is 11.1. The second-order valence-electron chi connectivity index (χ2n) is 2.35. The van der Waals surface area contributed by atoms with E-state index < -0.39 is 9.05 Å². The topological polar surface area (TPSA) is 57.9 Å². The van der Waals surface area contributed by atoms with Gasteiger partial charge in [-0.05, 0) is 12.1 Å². The zero-order valence-electron chi connectivity index (χ0n) is 6.53. The third-order valence-electron chi connectivity index (χ3n) is 1.40. The molecule has 0 saturated carbocycles. The molecule has 0 aliphatic rings. The van der Waals surface area contributed by atoms with Crippen LogP contribution in [0.3, 0.4) is 0 Å².